The molecule has 0 saturated heterocycles. The summed E-state index contributed by atoms with van der Waals surface area (Å²) in [5.74, 6) is 0.356. The maximum Gasteiger partial charge on any atom is 0.293 e. The first-order valence-electron chi connectivity index (χ1n) is 9.61. The Labute approximate surface area is 181 Å². The number of thiophene rings is 1. The van der Waals surface area contributed by atoms with Crippen LogP contribution in [-0.2, 0) is 17.8 Å². The Kier molecular flexibility index (Phi) is 5.57. The zero-order valence-corrected chi connectivity index (χ0v) is 18.5. The summed E-state index contributed by atoms with van der Waals surface area (Å²) in [5.41, 5.74) is 1.97. The van der Waals surface area contributed by atoms with Gasteiger partial charge in [-0.2, -0.15) is 0 Å². The van der Waals surface area contributed by atoms with Gasteiger partial charge in [0, 0.05) is 35.1 Å². The minimum Gasteiger partial charge on any atom is -0.455 e. The third kappa shape index (κ3) is 3.95. The van der Waals surface area contributed by atoms with Gasteiger partial charge in [0.2, 0.25) is 5.91 Å². The molecule has 0 unspecified atom stereocenters. The predicted octanol–water partition coefficient (Wildman–Crippen LogP) is 4.49. The summed E-state index contributed by atoms with van der Waals surface area (Å²) in [6.07, 6.45) is 1.92. The second-order valence-electron chi connectivity index (χ2n) is 7.18. The Morgan fingerprint density at radius 2 is 2.00 bits per heavy atom. The molecule has 1 aliphatic rings. The molecule has 3 aromatic heterocycles. The van der Waals surface area contributed by atoms with Crippen molar-refractivity contribution >= 4 is 45.4 Å². The molecule has 0 saturated carbocycles. The van der Waals surface area contributed by atoms with Gasteiger partial charge < -0.3 is 9.73 Å². The first-order chi connectivity index (χ1) is 14.3. The molecule has 2 N–H and O–H groups in total. The van der Waals surface area contributed by atoms with Gasteiger partial charge in [0.15, 0.2) is 16.7 Å². The lowest BCUT2D eigenvalue weighted by Gasteiger charge is -2.07. The molecule has 3 heterocycles. The Bertz CT molecular complexity index is 1160. The number of carbonyl (C=O) groups excluding carboxylic acids is 3. The second-order valence-corrected chi connectivity index (χ2v) is 9.56. The van der Waals surface area contributed by atoms with Crippen molar-refractivity contribution in [2.75, 3.05) is 5.32 Å². The molecule has 0 radical (unpaired) electrons. The number of hydrogen-bond acceptors (Lipinski definition) is 7. The number of ketones is 1. The van der Waals surface area contributed by atoms with Gasteiger partial charge >= 0.3 is 0 Å². The Hall–Kier alpha value is -2.78. The van der Waals surface area contributed by atoms with Crippen LogP contribution in [0.3, 0.4) is 0 Å². The highest BCUT2D eigenvalue weighted by atomic mass is 32.1. The summed E-state index contributed by atoms with van der Waals surface area (Å²) in [6.45, 7) is 5.67. The summed E-state index contributed by atoms with van der Waals surface area (Å²) in [4.78, 5) is 43.6. The van der Waals surface area contributed by atoms with Crippen LogP contribution in [0, 0.1) is 13.8 Å². The van der Waals surface area contributed by atoms with Crippen LogP contribution in [0.25, 0.3) is 10.6 Å². The zero-order valence-electron chi connectivity index (χ0n) is 16.9. The zero-order chi connectivity index (χ0) is 21.4. The van der Waals surface area contributed by atoms with Crippen molar-refractivity contribution in [2.45, 2.75) is 46.6 Å². The molecule has 0 aliphatic heterocycles. The van der Waals surface area contributed by atoms with Crippen molar-refractivity contribution in [3.8, 4) is 10.6 Å². The van der Waals surface area contributed by atoms with Gasteiger partial charge in [0.1, 0.15) is 5.76 Å². The average Bonchev–Trinajstić information content (AvgIpc) is 3.38. The van der Waals surface area contributed by atoms with E-state index in [0.717, 1.165) is 26.7 Å². The van der Waals surface area contributed by atoms with Crippen molar-refractivity contribution < 1.29 is 18.8 Å². The minimum absolute atomic E-state index is 0.0386. The molecule has 0 fully saturated rings. The maximum absolute atomic E-state index is 12.8. The van der Waals surface area contributed by atoms with Crippen molar-refractivity contribution in [2.24, 2.45) is 0 Å². The third-order valence-corrected chi connectivity index (χ3v) is 6.91. The molecule has 156 valence electrons. The molecule has 9 heteroatoms. The van der Waals surface area contributed by atoms with Gasteiger partial charge in [-0.25, -0.2) is 4.98 Å². The molecular weight excluding hydrogens is 422 g/mol. The fourth-order valence-corrected chi connectivity index (χ4v) is 5.39. The third-order valence-electron chi connectivity index (χ3n) is 4.94. The average molecular weight is 444 g/mol. The van der Waals surface area contributed by atoms with Crippen molar-refractivity contribution in [3.05, 3.63) is 44.5 Å². The normalized spacial score (nSPS) is 13.2. The summed E-state index contributed by atoms with van der Waals surface area (Å²) < 4.78 is 5.72. The van der Waals surface area contributed by atoms with Crippen LogP contribution in [0.15, 0.2) is 16.5 Å². The molecule has 3 aromatic rings. The van der Waals surface area contributed by atoms with E-state index in [2.05, 4.69) is 15.6 Å². The van der Waals surface area contributed by atoms with Crippen LogP contribution in [-0.4, -0.2) is 22.6 Å². The van der Waals surface area contributed by atoms with Crippen LogP contribution in [0.5, 0.6) is 0 Å². The topological polar surface area (TPSA) is 101 Å². The first kappa shape index (κ1) is 20.5. The van der Waals surface area contributed by atoms with Gasteiger partial charge in [-0.3, -0.25) is 19.7 Å². The number of fused-ring (bicyclic) bond motifs is 1. The summed E-state index contributed by atoms with van der Waals surface area (Å²) in [6, 6.07) is 3.92. The predicted molar refractivity (Wildman–Crippen MR) is 116 cm³/mol. The van der Waals surface area contributed by atoms with E-state index in [9.17, 15) is 14.4 Å². The first-order valence-corrected chi connectivity index (χ1v) is 11.2. The van der Waals surface area contributed by atoms with Crippen LogP contribution < -0.4 is 10.6 Å². The number of furan rings is 1. The number of aryl methyl sites for hydroxylation is 2. The summed E-state index contributed by atoms with van der Waals surface area (Å²) in [7, 11) is 0. The number of rotatable bonds is 5. The van der Waals surface area contributed by atoms with Gasteiger partial charge in [-0.1, -0.05) is 0 Å². The van der Waals surface area contributed by atoms with Crippen molar-refractivity contribution in [3.63, 3.8) is 0 Å². The molecule has 4 rings (SSSR count). The second kappa shape index (κ2) is 8.16. The van der Waals surface area contributed by atoms with E-state index in [0.29, 0.717) is 41.4 Å². The van der Waals surface area contributed by atoms with Crippen molar-refractivity contribution in [1.82, 2.24) is 10.3 Å². The fourth-order valence-electron chi connectivity index (χ4n) is 3.51. The largest absolute Gasteiger partial charge is 0.455 e. The monoisotopic (exact) mass is 443 g/mol. The standard InChI is InChI=1S/C21H21N3O4S2/c1-10-17-14(26)5-4-6-15(17)28-19(10)20(27)24-21-23-18(11(2)29-21)16-8-7-13(30-16)9-22-12(3)25/h7-8H,4-6,9H2,1-3H3,(H,22,25)(H,23,24,27). The maximum atomic E-state index is 12.8. The SMILES string of the molecule is CC(=O)NCc1ccc(-c2nc(NC(=O)c3oc4c(c3C)C(=O)CCC4)sc2C)s1. The Morgan fingerprint density at radius 3 is 2.73 bits per heavy atom. The quantitative estimate of drug-likeness (QED) is 0.605. The van der Waals surface area contributed by atoms with Crippen molar-refractivity contribution in [1.29, 1.82) is 0 Å². The van der Waals surface area contributed by atoms with Crippen LogP contribution in [0.4, 0.5) is 5.13 Å². The lowest BCUT2D eigenvalue weighted by atomic mass is 9.94. The summed E-state index contributed by atoms with van der Waals surface area (Å²) >= 11 is 2.94. The number of carbonyl (C=O) groups is 3. The summed E-state index contributed by atoms with van der Waals surface area (Å²) in [5, 5.41) is 6.07. The number of amides is 2. The molecule has 0 aromatic carbocycles. The van der Waals surface area contributed by atoms with Gasteiger partial charge in [0.25, 0.3) is 5.91 Å². The van der Waals surface area contributed by atoms with Crippen LogP contribution in [0.1, 0.15) is 61.8 Å². The fraction of sp³-hybridized carbons (Fsp3) is 0.333. The number of hydrogen-bond donors (Lipinski definition) is 2. The molecule has 0 spiro atoms. The van der Waals surface area contributed by atoms with E-state index in [1.807, 2.05) is 19.1 Å². The number of aromatic nitrogens is 1. The smallest absolute Gasteiger partial charge is 0.293 e. The molecule has 7 nitrogen and oxygen atoms in total. The number of nitrogens with zero attached hydrogens (tertiary/aromatic N) is 1. The number of Topliss-reactive ketones (excluding diaryl/α,β-unsaturated/α-hetero) is 1. The number of nitrogens with one attached hydrogen (secondary N) is 2. The molecule has 30 heavy (non-hydrogen) atoms. The highest BCUT2D eigenvalue weighted by Gasteiger charge is 2.29. The van der Waals surface area contributed by atoms with E-state index in [4.69, 9.17) is 4.42 Å². The van der Waals surface area contributed by atoms with Gasteiger partial charge in [-0.05, 0) is 32.4 Å². The van der Waals surface area contributed by atoms with E-state index in [1.165, 1.54) is 18.3 Å². The minimum atomic E-state index is -0.396. The molecule has 0 bridgehead atoms. The van der Waals surface area contributed by atoms with Gasteiger partial charge in [0.05, 0.1) is 22.7 Å². The highest BCUT2D eigenvalue weighted by molar-refractivity contribution is 7.18. The molecule has 1 aliphatic carbocycles. The van der Waals surface area contributed by atoms with E-state index in [1.54, 1.807) is 18.3 Å². The number of anilines is 1. The Morgan fingerprint density at radius 1 is 1.20 bits per heavy atom. The van der Waals surface area contributed by atoms with Crippen LogP contribution >= 0.6 is 22.7 Å². The highest BCUT2D eigenvalue weighted by Crippen LogP contribution is 2.35. The lowest BCUT2D eigenvalue weighted by Crippen LogP contribution is -2.17. The lowest BCUT2D eigenvalue weighted by molar-refractivity contribution is -0.119. The van der Waals surface area contributed by atoms with Crippen LogP contribution in [0.2, 0.25) is 0 Å². The van der Waals surface area contributed by atoms with E-state index >= 15 is 0 Å². The van der Waals surface area contributed by atoms with E-state index in [-0.39, 0.29) is 17.5 Å². The van der Waals surface area contributed by atoms with Gasteiger partial charge in [-0.15, -0.1) is 22.7 Å². The molecule has 0 atom stereocenters. The molecule has 2 amide bonds. The number of thiazole rings is 1. The van der Waals surface area contributed by atoms with E-state index < -0.39 is 5.91 Å². The molecular formula is C21H21N3O4S2. The Balaban J connectivity index is 1.52.